The molecule has 0 aliphatic rings. The first-order chi connectivity index (χ1) is 21.6. The quantitative estimate of drug-likeness (QED) is 0.0890. The fraction of sp³-hybridized carbons (Fsp3) is 0.225. The van der Waals surface area contributed by atoms with Gasteiger partial charge in [-0.15, -0.1) is 0 Å². The molecule has 3 heterocycles. The van der Waals surface area contributed by atoms with Crippen molar-refractivity contribution in [2.45, 2.75) is 47.6 Å². The van der Waals surface area contributed by atoms with Crippen molar-refractivity contribution >= 4 is 65.9 Å². The smallest absolute Gasteiger partial charge is 0.338 e. The van der Waals surface area contributed by atoms with Gasteiger partial charge in [0.15, 0.2) is 5.52 Å². The van der Waals surface area contributed by atoms with Crippen molar-refractivity contribution < 1.29 is 14.1 Å². The zero-order chi connectivity index (χ0) is 31.2. The number of nitrogens with zero attached hydrogens (tertiary/aromatic N) is 3. The predicted octanol–water partition coefficient (Wildman–Crippen LogP) is 8.93. The van der Waals surface area contributed by atoms with Crippen LogP contribution < -0.4 is 4.57 Å². The number of ether oxygens (including phenoxy) is 1. The monoisotopic (exact) mass is 590 g/mol. The minimum Gasteiger partial charge on any atom is -0.457 e. The van der Waals surface area contributed by atoms with Gasteiger partial charge in [0.2, 0.25) is 0 Å². The standard InChI is InChI=1S/C40H36N3O2/c1-23-30-18-26(20-40(3,4)5)12-14-28(30)24(2)36-34(23)38-35-32(41-22-42(38)6)16-15-29-31-19-27(13-17-33(31)43(36)37(29)35)39(44)45-21-25-10-8-7-9-11-25/h7-19,22H,20-21H2,1-6H3/q+1. The number of aryl methyl sites for hydroxylation is 3. The molecule has 0 N–H and O–H groups in total. The highest BCUT2D eigenvalue weighted by molar-refractivity contribution is 6.28. The molecule has 0 aliphatic carbocycles. The molecule has 222 valence electrons. The number of rotatable bonds is 4. The number of hydrogen-bond acceptors (Lipinski definition) is 3. The van der Waals surface area contributed by atoms with E-state index in [2.05, 4.69) is 87.0 Å². The van der Waals surface area contributed by atoms with Crippen LogP contribution in [-0.4, -0.2) is 15.4 Å². The summed E-state index contributed by atoms with van der Waals surface area (Å²) in [6.07, 6.45) is 2.95. The molecule has 5 heteroatoms. The first-order valence-electron chi connectivity index (χ1n) is 15.6. The third-order valence-electron chi connectivity index (χ3n) is 9.37. The van der Waals surface area contributed by atoms with Gasteiger partial charge < -0.3 is 9.14 Å². The van der Waals surface area contributed by atoms with Crippen molar-refractivity contribution in [3.63, 3.8) is 0 Å². The van der Waals surface area contributed by atoms with E-state index in [1.54, 1.807) is 0 Å². The second-order valence-corrected chi connectivity index (χ2v) is 13.8. The Morgan fingerprint density at radius 3 is 2.36 bits per heavy atom. The van der Waals surface area contributed by atoms with E-state index in [1.165, 1.54) is 43.9 Å². The van der Waals surface area contributed by atoms with Gasteiger partial charge >= 0.3 is 5.97 Å². The summed E-state index contributed by atoms with van der Waals surface area (Å²) in [7, 11) is 2.10. The lowest BCUT2D eigenvalue weighted by molar-refractivity contribution is -0.646. The molecule has 5 nitrogen and oxygen atoms in total. The molecule has 8 aromatic rings. The summed E-state index contributed by atoms with van der Waals surface area (Å²) < 4.78 is 10.3. The number of pyridine rings is 1. The van der Waals surface area contributed by atoms with Crippen LogP contribution in [0, 0.1) is 19.3 Å². The topological polar surface area (TPSA) is 47.5 Å². The van der Waals surface area contributed by atoms with E-state index >= 15 is 0 Å². The Balaban J connectivity index is 1.44. The second kappa shape index (κ2) is 9.73. The molecule has 0 aliphatic heterocycles. The zero-order valence-corrected chi connectivity index (χ0v) is 26.7. The van der Waals surface area contributed by atoms with E-state index in [0.29, 0.717) is 5.56 Å². The van der Waals surface area contributed by atoms with Crippen LogP contribution in [0.1, 0.15) is 53.4 Å². The van der Waals surface area contributed by atoms with Crippen LogP contribution in [0.2, 0.25) is 0 Å². The molecule has 0 atom stereocenters. The average molecular weight is 591 g/mol. The third kappa shape index (κ3) is 4.17. The van der Waals surface area contributed by atoms with E-state index in [-0.39, 0.29) is 18.0 Å². The van der Waals surface area contributed by atoms with Gasteiger partial charge in [0.05, 0.1) is 39.9 Å². The Kier molecular flexibility index (Phi) is 5.95. The van der Waals surface area contributed by atoms with Crippen molar-refractivity contribution in [3.8, 4) is 0 Å². The largest absolute Gasteiger partial charge is 0.457 e. The Morgan fingerprint density at radius 2 is 1.58 bits per heavy atom. The van der Waals surface area contributed by atoms with Gasteiger partial charge in [-0.1, -0.05) is 69.3 Å². The molecular formula is C40H36N3O2+. The fourth-order valence-electron chi connectivity index (χ4n) is 7.44. The lowest BCUT2D eigenvalue weighted by Crippen LogP contribution is -2.30. The molecule has 0 radical (unpaired) electrons. The van der Waals surface area contributed by atoms with Gasteiger partial charge in [-0.2, -0.15) is 0 Å². The average Bonchev–Trinajstić information content (AvgIpc) is 3.36. The van der Waals surface area contributed by atoms with Crippen LogP contribution in [0.3, 0.4) is 0 Å². The summed E-state index contributed by atoms with van der Waals surface area (Å²) in [5.74, 6) is -0.324. The molecule has 45 heavy (non-hydrogen) atoms. The van der Waals surface area contributed by atoms with E-state index in [9.17, 15) is 4.79 Å². The minimum absolute atomic E-state index is 0.204. The highest BCUT2D eigenvalue weighted by Gasteiger charge is 2.27. The zero-order valence-electron chi connectivity index (χ0n) is 26.7. The highest BCUT2D eigenvalue weighted by atomic mass is 16.5. The molecule has 0 saturated heterocycles. The van der Waals surface area contributed by atoms with Crippen molar-refractivity contribution in [1.29, 1.82) is 0 Å². The Morgan fingerprint density at radius 1 is 0.800 bits per heavy atom. The van der Waals surface area contributed by atoms with Gasteiger partial charge in [0.1, 0.15) is 12.1 Å². The normalized spacial score (nSPS) is 12.5. The van der Waals surface area contributed by atoms with Crippen LogP contribution in [-0.2, 0) is 24.8 Å². The molecule has 0 unspecified atom stereocenters. The van der Waals surface area contributed by atoms with Crippen LogP contribution in [0.15, 0.2) is 85.2 Å². The third-order valence-corrected chi connectivity index (χ3v) is 9.37. The van der Waals surface area contributed by atoms with Crippen LogP contribution in [0.25, 0.3) is 59.9 Å². The molecular weight excluding hydrogens is 554 g/mol. The van der Waals surface area contributed by atoms with Gasteiger partial charge in [-0.25, -0.2) is 9.36 Å². The number of carbonyl (C=O) groups excluding carboxylic acids is 1. The van der Waals surface area contributed by atoms with Crippen LogP contribution >= 0.6 is 0 Å². The summed E-state index contributed by atoms with van der Waals surface area (Å²) in [4.78, 5) is 18.1. The summed E-state index contributed by atoms with van der Waals surface area (Å²) in [5.41, 5.74) is 11.2. The second-order valence-electron chi connectivity index (χ2n) is 13.8. The highest BCUT2D eigenvalue weighted by Crippen LogP contribution is 2.44. The minimum atomic E-state index is -0.324. The molecule has 0 fully saturated rings. The maximum atomic E-state index is 13.3. The number of hydrogen-bond donors (Lipinski definition) is 0. The number of esters is 1. The Hall–Kier alpha value is -5.03. The fourth-order valence-corrected chi connectivity index (χ4v) is 7.44. The molecule has 5 aromatic carbocycles. The molecule has 0 saturated carbocycles. The van der Waals surface area contributed by atoms with Crippen molar-refractivity contribution in [3.05, 3.63) is 113 Å². The Labute approximate surface area is 262 Å². The predicted molar refractivity (Wildman–Crippen MR) is 183 cm³/mol. The number of aromatic nitrogens is 3. The van der Waals surface area contributed by atoms with Crippen molar-refractivity contribution in [1.82, 2.24) is 9.38 Å². The van der Waals surface area contributed by atoms with E-state index in [1.807, 2.05) is 48.8 Å². The van der Waals surface area contributed by atoms with Gasteiger partial charge in [0.25, 0.3) is 6.33 Å². The summed E-state index contributed by atoms with van der Waals surface area (Å²) in [6.45, 7) is 11.7. The van der Waals surface area contributed by atoms with Gasteiger partial charge in [0, 0.05) is 10.8 Å². The van der Waals surface area contributed by atoms with E-state index in [0.717, 1.165) is 44.7 Å². The van der Waals surface area contributed by atoms with Crippen molar-refractivity contribution in [2.75, 3.05) is 0 Å². The van der Waals surface area contributed by atoms with Crippen molar-refractivity contribution in [2.24, 2.45) is 12.5 Å². The first kappa shape index (κ1) is 27.5. The Bertz CT molecular complexity index is 2480. The van der Waals surface area contributed by atoms with Gasteiger partial charge in [-0.3, -0.25) is 0 Å². The molecule has 0 bridgehead atoms. The van der Waals surface area contributed by atoms with Gasteiger partial charge in [-0.05, 0) is 94.0 Å². The van der Waals surface area contributed by atoms with Crippen LogP contribution in [0.5, 0.6) is 0 Å². The number of carbonyl (C=O) groups is 1. The lowest BCUT2D eigenvalue weighted by Gasteiger charge is -2.20. The lowest BCUT2D eigenvalue weighted by atomic mass is 9.86. The van der Waals surface area contributed by atoms with E-state index < -0.39 is 0 Å². The van der Waals surface area contributed by atoms with Crippen LogP contribution in [0.4, 0.5) is 0 Å². The molecule has 8 rings (SSSR count). The maximum Gasteiger partial charge on any atom is 0.338 e. The maximum absolute atomic E-state index is 13.3. The summed E-state index contributed by atoms with van der Waals surface area (Å²) in [6, 6.07) is 27.0. The first-order valence-corrected chi connectivity index (χ1v) is 15.6. The molecule has 0 amide bonds. The number of benzene rings is 5. The number of fused-ring (bicyclic) bond motifs is 7. The van der Waals surface area contributed by atoms with E-state index in [4.69, 9.17) is 9.72 Å². The molecule has 3 aromatic heterocycles. The summed E-state index contributed by atoms with van der Waals surface area (Å²) >= 11 is 0. The molecule has 0 spiro atoms. The summed E-state index contributed by atoms with van der Waals surface area (Å²) in [5, 5.41) is 7.09. The SMILES string of the molecule is Cc1c2cc(CC(C)(C)C)ccc2c(C)c2c1c1c3c(ccc4c5cc(C(=O)OCc6ccccc6)ccc5n2c43)nc[n+]1C.